The van der Waals surface area contributed by atoms with Crippen LogP contribution in [-0.2, 0) is 21.0 Å². The summed E-state index contributed by atoms with van der Waals surface area (Å²) in [5.74, 6) is 0. The molecule has 0 bridgehead atoms. The Kier molecular flexibility index (Phi) is 5.45. The van der Waals surface area contributed by atoms with E-state index in [9.17, 15) is 13.0 Å². The van der Waals surface area contributed by atoms with Crippen LogP contribution in [0.15, 0.2) is 70.5 Å². The van der Waals surface area contributed by atoms with E-state index in [1.807, 2.05) is 67.6 Å². The summed E-state index contributed by atoms with van der Waals surface area (Å²) in [6.45, 7) is 1.90. The first kappa shape index (κ1) is 16.1. The Labute approximate surface area is 129 Å². The lowest BCUT2D eigenvalue weighted by Crippen LogP contribution is -2.30. The monoisotopic (exact) mass is 322 g/mol. The molecule has 0 aliphatic carbocycles. The van der Waals surface area contributed by atoms with Gasteiger partial charge in [-0.15, -0.1) is 0 Å². The van der Waals surface area contributed by atoms with Crippen LogP contribution in [0.5, 0.6) is 0 Å². The fraction of sp³-hybridized carbons (Fsp3) is 0.250. The molecular weight excluding hydrogens is 304 g/mol. The van der Waals surface area contributed by atoms with Gasteiger partial charge in [-0.1, -0.05) is 49.7 Å². The number of rotatable bonds is 6. The van der Waals surface area contributed by atoms with Crippen molar-refractivity contribution in [1.29, 1.82) is 0 Å². The zero-order chi connectivity index (χ0) is 15.3. The first-order valence-electron chi connectivity index (χ1n) is 6.82. The summed E-state index contributed by atoms with van der Waals surface area (Å²) in [6, 6.07) is 18.8. The van der Waals surface area contributed by atoms with Gasteiger partial charge in [-0.3, -0.25) is 0 Å². The lowest BCUT2D eigenvalue weighted by molar-refractivity contribution is 0.456. The molecule has 2 aromatic carbocycles. The number of hydrogen-bond donors (Lipinski definition) is 0. The average Bonchev–Trinajstić information content (AvgIpc) is 2.48. The molecule has 0 spiro atoms. The van der Waals surface area contributed by atoms with Crippen molar-refractivity contribution in [3.05, 3.63) is 60.7 Å². The van der Waals surface area contributed by atoms with Gasteiger partial charge in [0.05, 0.1) is 10.9 Å². The minimum absolute atomic E-state index is 0.374. The van der Waals surface area contributed by atoms with Crippen LogP contribution in [0.3, 0.4) is 0 Å². The van der Waals surface area contributed by atoms with E-state index >= 15 is 0 Å². The Morgan fingerprint density at radius 3 is 1.71 bits per heavy atom. The topological polar surface area (TPSA) is 57.2 Å². The first-order valence-corrected chi connectivity index (χ1v) is 9.58. The summed E-state index contributed by atoms with van der Waals surface area (Å²) in [7, 11) is -5.12. The summed E-state index contributed by atoms with van der Waals surface area (Å²) < 4.78 is 34.4. The molecule has 1 atom stereocenters. The van der Waals surface area contributed by atoms with Gasteiger partial charge in [-0.2, -0.15) is 0 Å². The summed E-state index contributed by atoms with van der Waals surface area (Å²) >= 11 is 0. The zero-order valence-electron chi connectivity index (χ0n) is 11.8. The van der Waals surface area contributed by atoms with E-state index in [-0.39, 0.29) is 0 Å². The Morgan fingerprint density at radius 2 is 1.38 bits per heavy atom. The van der Waals surface area contributed by atoms with Gasteiger partial charge in [0.2, 0.25) is 4.58 Å². The van der Waals surface area contributed by atoms with Crippen molar-refractivity contribution in [3.63, 3.8) is 0 Å². The van der Waals surface area contributed by atoms with Crippen molar-refractivity contribution in [1.82, 2.24) is 0 Å². The molecule has 0 N–H and O–H groups in total. The van der Waals surface area contributed by atoms with E-state index < -0.39 is 25.6 Å². The highest BCUT2D eigenvalue weighted by Gasteiger charge is 2.39. The van der Waals surface area contributed by atoms with Crippen LogP contribution in [-0.4, -0.2) is 17.6 Å². The van der Waals surface area contributed by atoms with Gasteiger partial charge in [0.25, 0.3) is 0 Å². The quantitative estimate of drug-likeness (QED) is 0.605. The van der Waals surface area contributed by atoms with Crippen LogP contribution in [0.2, 0.25) is 0 Å². The Bertz CT molecular complexity index is 615. The smallest absolute Gasteiger partial charge is 0.216 e. The molecule has 0 saturated heterocycles. The van der Waals surface area contributed by atoms with Crippen molar-refractivity contribution in [2.24, 2.45) is 0 Å². The van der Waals surface area contributed by atoms with Crippen LogP contribution in [0, 0.1) is 0 Å². The van der Waals surface area contributed by atoms with Gasteiger partial charge in [0.1, 0.15) is 10.1 Å². The second kappa shape index (κ2) is 7.11. The molecule has 0 fully saturated rings. The van der Waals surface area contributed by atoms with Gasteiger partial charge in [0.15, 0.2) is 9.79 Å². The largest absolute Gasteiger partial charge is 0.744 e. The molecule has 2 rings (SSSR count). The molecule has 5 heteroatoms. The maximum absolute atomic E-state index is 11.8. The predicted octanol–water partition coefficient (Wildman–Crippen LogP) is 3.39. The van der Waals surface area contributed by atoms with Crippen molar-refractivity contribution < 1.29 is 13.0 Å². The number of hydrogen-bond acceptors (Lipinski definition) is 3. The van der Waals surface area contributed by atoms with E-state index in [1.54, 1.807) is 0 Å². The lowest BCUT2D eigenvalue weighted by Gasteiger charge is -2.21. The molecule has 2 aromatic rings. The highest BCUT2D eigenvalue weighted by molar-refractivity contribution is 8.09. The maximum atomic E-state index is 11.8. The molecule has 0 saturated carbocycles. The fourth-order valence-corrected chi connectivity index (χ4v) is 6.57. The van der Waals surface area contributed by atoms with Crippen LogP contribution >= 0.6 is 0 Å². The zero-order valence-corrected chi connectivity index (χ0v) is 13.4. The van der Waals surface area contributed by atoms with Crippen LogP contribution in [0.4, 0.5) is 0 Å². The van der Waals surface area contributed by atoms with Crippen LogP contribution in [0.1, 0.15) is 19.8 Å². The van der Waals surface area contributed by atoms with Gasteiger partial charge in [0, 0.05) is 6.42 Å². The molecule has 0 amide bonds. The minimum atomic E-state index is -4.36. The molecule has 0 aliphatic heterocycles. The van der Waals surface area contributed by atoms with Crippen molar-refractivity contribution in [3.8, 4) is 0 Å². The normalized spacial score (nSPS) is 13.3. The third kappa shape index (κ3) is 4.09. The molecule has 21 heavy (non-hydrogen) atoms. The lowest BCUT2D eigenvalue weighted by atomic mass is 10.4. The van der Waals surface area contributed by atoms with Crippen molar-refractivity contribution in [2.45, 2.75) is 34.1 Å². The predicted molar refractivity (Wildman–Crippen MR) is 85.2 cm³/mol. The molecule has 1 unspecified atom stereocenters. The summed E-state index contributed by atoms with van der Waals surface area (Å²) in [5, 5.41) is 0. The Morgan fingerprint density at radius 1 is 0.952 bits per heavy atom. The van der Waals surface area contributed by atoms with Crippen LogP contribution in [0.25, 0.3) is 0 Å². The SMILES string of the molecule is CCCC([S+](c1ccccc1)c1ccccc1)S(=O)(=O)[O-]. The molecule has 0 aliphatic rings. The Balaban J connectivity index is 2.55. The van der Waals surface area contributed by atoms with E-state index in [0.29, 0.717) is 12.8 Å². The molecule has 112 valence electrons. The van der Waals surface area contributed by atoms with Crippen LogP contribution < -0.4 is 0 Å². The molecule has 0 aromatic heterocycles. The first-order chi connectivity index (χ1) is 10.0. The van der Waals surface area contributed by atoms with E-state index in [0.717, 1.165) is 9.79 Å². The second-order valence-electron chi connectivity index (χ2n) is 4.67. The standard InChI is InChI=1S/C16H18O3S2/c1-2-9-16(21(17,18)19)20(14-10-5-3-6-11-14)15-12-7-4-8-13-15/h3-8,10-13,16H,2,9H2,1H3. The van der Waals surface area contributed by atoms with Gasteiger partial charge >= 0.3 is 0 Å². The third-order valence-corrected chi connectivity index (χ3v) is 7.59. The summed E-state index contributed by atoms with van der Waals surface area (Å²) in [6.07, 6.45) is 1.04. The highest BCUT2D eigenvalue weighted by Crippen LogP contribution is 2.32. The summed E-state index contributed by atoms with van der Waals surface area (Å²) in [4.78, 5) is 1.78. The van der Waals surface area contributed by atoms with Crippen molar-refractivity contribution in [2.75, 3.05) is 0 Å². The minimum Gasteiger partial charge on any atom is -0.744 e. The second-order valence-corrected chi connectivity index (χ2v) is 8.72. The van der Waals surface area contributed by atoms with Gasteiger partial charge in [-0.05, 0) is 24.3 Å². The van der Waals surface area contributed by atoms with Gasteiger partial charge < -0.3 is 4.55 Å². The van der Waals surface area contributed by atoms with Crippen molar-refractivity contribution >= 4 is 21.0 Å². The highest BCUT2D eigenvalue weighted by atomic mass is 32.3. The van der Waals surface area contributed by atoms with E-state index in [4.69, 9.17) is 0 Å². The fourth-order valence-electron chi connectivity index (χ4n) is 2.19. The molecular formula is C16H18O3S2. The molecule has 0 radical (unpaired) electrons. The molecule has 3 nitrogen and oxygen atoms in total. The van der Waals surface area contributed by atoms with Gasteiger partial charge in [-0.25, -0.2) is 8.42 Å². The number of benzene rings is 2. The average molecular weight is 322 g/mol. The van der Waals surface area contributed by atoms with E-state index in [2.05, 4.69) is 0 Å². The summed E-state index contributed by atoms with van der Waals surface area (Å²) in [5.41, 5.74) is 0. The van der Waals surface area contributed by atoms with E-state index in [1.165, 1.54) is 0 Å². The third-order valence-electron chi connectivity index (χ3n) is 3.10. The molecule has 0 heterocycles. The Hall–Kier alpha value is -1.30. The maximum Gasteiger partial charge on any atom is 0.216 e.